The van der Waals surface area contributed by atoms with Gasteiger partial charge in [-0.3, -0.25) is 4.79 Å². The standard InChI is InChI=1S/C15H22N2O3/c1-10-8-13(18)17(11(2)14(10)15(19)20)9-12-4-6-16(3)7-5-12/h8,12H,4-7,9H2,1-3H3,(H,19,20). The van der Waals surface area contributed by atoms with Crippen molar-refractivity contribution in [1.82, 2.24) is 9.47 Å². The van der Waals surface area contributed by atoms with Crippen molar-refractivity contribution in [2.45, 2.75) is 33.2 Å². The van der Waals surface area contributed by atoms with Gasteiger partial charge in [-0.1, -0.05) is 0 Å². The smallest absolute Gasteiger partial charge is 0.337 e. The van der Waals surface area contributed by atoms with Gasteiger partial charge in [-0.25, -0.2) is 4.79 Å². The molecule has 0 aromatic carbocycles. The molecule has 1 fully saturated rings. The Balaban J connectivity index is 2.30. The summed E-state index contributed by atoms with van der Waals surface area (Å²) < 4.78 is 1.63. The first-order valence-electron chi connectivity index (χ1n) is 7.03. The Kier molecular flexibility index (Phi) is 4.28. The zero-order chi connectivity index (χ0) is 14.9. The summed E-state index contributed by atoms with van der Waals surface area (Å²) in [5.41, 5.74) is 1.28. The average molecular weight is 278 g/mol. The molecule has 110 valence electrons. The predicted octanol–water partition coefficient (Wildman–Crippen LogP) is 1.51. The summed E-state index contributed by atoms with van der Waals surface area (Å²) in [4.78, 5) is 25.7. The Bertz CT molecular complexity index is 569. The summed E-state index contributed by atoms with van der Waals surface area (Å²) in [6.07, 6.45) is 2.11. The Morgan fingerprint density at radius 3 is 2.50 bits per heavy atom. The van der Waals surface area contributed by atoms with E-state index in [1.54, 1.807) is 18.4 Å². The van der Waals surface area contributed by atoms with Crippen LogP contribution in [0.4, 0.5) is 0 Å². The van der Waals surface area contributed by atoms with E-state index in [9.17, 15) is 14.7 Å². The lowest BCUT2D eigenvalue weighted by atomic mass is 9.96. The molecular weight excluding hydrogens is 256 g/mol. The first-order valence-corrected chi connectivity index (χ1v) is 7.03. The van der Waals surface area contributed by atoms with E-state index in [-0.39, 0.29) is 11.1 Å². The molecule has 0 unspecified atom stereocenters. The van der Waals surface area contributed by atoms with Crippen LogP contribution in [0, 0.1) is 19.8 Å². The molecule has 1 N–H and O–H groups in total. The lowest BCUT2D eigenvalue weighted by Gasteiger charge is -2.30. The molecule has 0 saturated carbocycles. The van der Waals surface area contributed by atoms with E-state index < -0.39 is 5.97 Å². The second-order valence-corrected chi connectivity index (χ2v) is 5.79. The lowest BCUT2D eigenvalue weighted by molar-refractivity contribution is 0.0693. The summed E-state index contributed by atoms with van der Waals surface area (Å²) in [6, 6.07) is 1.44. The summed E-state index contributed by atoms with van der Waals surface area (Å²) in [6.45, 7) is 6.11. The molecule has 20 heavy (non-hydrogen) atoms. The molecule has 1 saturated heterocycles. The van der Waals surface area contributed by atoms with Gasteiger partial charge in [0.1, 0.15) is 0 Å². The first kappa shape index (κ1) is 14.8. The normalized spacial score (nSPS) is 17.4. The molecule has 5 heteroatoms. The second kappa shape index (κ2) is 5.79. The highest BCUT2D eigenvalue weighted by molar-refractivity contribution is 5.90. The fourth-order valence-electron chi connectivity index (χ4n) is 2.97. The van der Waals surface area contributed by atoms with Gasteiger partial charge in [0, 0.05) is 18.3 Å². The molecule has 0 aliphatic carbocycles. The largest absolute Gasteiger partial charge is 0.478 e. The molecule has 1 aliphatic rings. The molecule has 0 atom stereocenters. The number of pyridine rings is 1. The van der Waals surface area contributed by atoms with Crippen LogP contribution < -0.4 is 5.56 Å². The quantitative estimate of drug-likeness (QED) is 0.910. The van der Waals surface area contributed by atoms with Crippen LogP contribution in [-0.2, 0) is 6.54 Å². The van der Waals surface area contributed by atoms with Gasteiger partial charge in [0.05, 0.1) is 5.56 Å². The fraction of sp³-hybridized carbons (Fsp3) is 0.600. The Labute approximate surface area is 118 Å². The number of hydrogen-bond donors (Lipinski definition) is 1. The Morgan fingerprint density at radius 2 is 1.95 bits per heavy atom. The SMILES string of the molecule is Cc1cc(=O)n(CC2CCN(C)CC2)c(C)c1C(=O)O. The maximum Gasteiger partial charge on any atom is 0.337 e. The van der Waals surface area contributed by atoms with Crippen LogP contribution in [0.1, 0.15) is 34.5 Å². The van der Waals surface area contributed by atoms with Gasteiger partial charge >= 0.3 is 5.97 Å². The number of carboxylic acids is 1. The molecule has 1 aliphatic heterocycles. The molecule has 1 aromatic rings. The van der Waals surface area contributed by atoms with Crippen molar-refractivity contribution in [2.75, 3.05) is 20.1 Å². The predicted molar refractivity (Wildman–Crippen MR) is 77.4 cm³/mol. The minimum absolute atomic E-state index is 0.0936. The third kappa shape index (κ3) is 2.93. The highest BCUT2D eigenvalue weighted by Crippen LogP contribution is 2.19. The highest BCUT2D eigenvalue weighted by Gasteiger charge is 2.21. The number of carbonyl (C=O) groups is 1. The number of carboxylic acid groups (broad SMARTS) is 1. The van der Waals surface area contributed by atoms with Crippen LogP contribution in [0.2, 0.25) is 0 Å². The molecule has 2 rings (SSSR count). The van der Waals surface area contributed by atoms with Crippen molar-refractivity contribution in [1.29, 1.82) is 0 Å². The molecule has 5 nitrogen and oxygen atoms in total. The van der Waals surface area contributed by atoms with Crippen LogP contribution in [-0.4, -0.2) is 40.7 Å². The van der Waals surface area contributed by atoms with Crippen LogP contribution in [0.5, 0.6) is 0 Å². The van der Waals surface area contributed by atoms with E-state index >= 15 is 0 Å². The van der Waals surface area contributed by atoms with Crippen molar-refractivity contribution >= 4 is 5.97 Å². The van der Waals surface area contributed by atoms with Gasteiger partial charge in [-0.2, -0.15) is 0 Å². The van der Waals surface area contributed by atoms with Crippen molar-refractivity contribution in [3.05, 3.63) is 33.2 Å². The lowest BCUT2D eigenvalue weighted by Crippen LogP contribution is -2.35. The van der Waals surface area contributed by atoms with E-state index in [1.165, 1.54) is 6.07 Å². The second-order valence-electron chi connectivity index (χ2n) is 5.79. The molecule has 1 aromatic heterocycles. The van der Waals surface area contributed by atoms with Crippen molar-refractivity contribution in [3.63, 3.8) is 0 Å². The third-order valence-corrected chi connectivity index (χ3v) is 4.26. The van der Waals surface area contributed by atoms with Crippen LogP contribution in [0.3, 0.4) is 0 Å². The van der Waals surface area contributed by atoms with Crippen LogP contribution in [0.15, 0.2) is 10.9 Å². The monoisotopic (exact) mass is 278 g/mol. The van der Waals surface area contributed by atoms with E-state index in [0.717, 1.165) is 25.9 Å². The molecule has 0 bridgehead atoms. The van der Waals surface area contributed by atoms with Gasteiger partial charge in [0.2, 0.25) is 0 Å². The number of aryl methyl sites for hydroxylation is 1. The average Bonchev–Trinajstić information content (AvgIpc) is 2.36. The number of likely N-dealkylation sites (tertiary alicyclic amines) is 1. The van der Waals surface area contributed by atoms with Crippen LogP contribution in [0.25, 0.3) is 0 Å². The summed E-state index contributed by atoms with van der Waals surface area (Å²) >= 11 is 0. The molecule has 0 spiro atoms. The molecular formula is C15H22N2O3. The first-order chi connectivity index (χ1) is 9.40. The molecule has 0 radical (unpaired) electrons. The minimum atomic E-state index is -0.961. The number of aromatic carboxylic acids is 1. The number of piperidine rings is 1. The number of rotatable bonds is 3. The zero-order valence-corrected chi connectivity index (χ0v) is 12.3. The van der Waals surface area contributed by atoms with Gasteiger partial charge in [-0.05, 0) is 58.3 Å². The summed E-state index contributed by atoms with van der Waals surface area (Å²) in [5, 5.41) is 9.28. The van der Waals surface area contributed by atoms with Crippen molar-refractivity contribution in [2.24, 2.45) is 5.92 Å². The van der Waals surface area contributed by atoms with E-state index in [2.05, 4.69) is 11.9 Å². The van der Waals surface area contributed by atoms with Crippen LogP contribution >= 0.6 is 0 Å². The summed E-state index contributed by atoms with van der Waals surface area (Å²) in [5.74, 6) is -0.510. The maximum absolute atomic E-state index is 12.1. The van der Waals surface area contributed by atoms with E-state index in [4.69, 9.17) is 0 Å². The number of hydrogen-bond acceptors (Lipinski definition) is 3. The van der Waals surface area contributed by atoms with E-state index in [1.807, 2.05) is 0 Å². The van der Waals surface area contributed by atoms with E-state index in [0.29, 0.717) is 23.7 Å². The highest BCUT2D eigenvalue weighted by atomic mass is 16.4. The summed E-state index contributed by atoms with van der Waals surface area (Å²) in [7, 11) is 2.10. The van der Waals surface area contributed by atoms with Gasteiger partial charge < -0.3 is 14.6 Å². The van der Waals surface area contributed by atoms with Crippen molar-refractivity contribution in [3.8, 4) is 0 Å². The van der Waals surface area contributed by atoms with Gasteiger partial charge in [0.25, 0.3) is 5.56 Å². The Hall–Kier alpha value is -1.62. The topological polar surface area (TPSA) is 62.5 Å². The maximum atomic E-state index is 12.1. The number of nitrogens with zero attached hydrogens (tertiary/aromatic N) is 2. The Morgan fingerprint density at radius 1 is 1.35 bits per heavy atom. The molecule has 2 heterocycles. The van der Waals surface area contributed by atoms with Gasteiger partial charge in [-0.15, -0.1) is 0 Å². The third-order valence-electron chi connectivity index (χ3n) is 4.26. The fourth-order valence-corrected chi connectivity index (χ4v) is 2.97. The zero-order valence-electron chi connectivity index (χ0n) is 12.3. The minimum Gasteiger partial charge on any atom is -0.478 e. The number of aromatic nitrogens is 1. The van der Waals surface area contributed by atoms with Crippen molar-refractivity contribution < 1.29 is 9.90 Å². The molecule has 0 amide bonds. The van der Waals surface area contributed by atoms with Gasteiger partial charge in [0.15, 0.2) is 0 Å².